The van der Waals surface area contributed by atoms with E-state index in [-0.39, 0.29) is 24.0 Å². The minimum Gasteiger partial charge on any atom is -0.309 e. The molecule has 0 N–H and O–H groups in total. The van der Waals surface area contributed by atoms with Crippen molar-refractivity contribution in [3.63, 3.8) is 0 Å². The Hall–Kier alpha value is 0.690. The molecule has 0 spiro atoms. The van der Waals surface area contributed by atoms with Gasteiger partial charge in [0, 0.05) is 0 Å². The first-order valence-corrected chi connectivity index (χ1v) is 4.92. The van der Waals surface area contributed by atoms with Crippen LogP contribution in [0.5, 0.6) is 0 Å². The van der Waals surface area contributed by atoms with E-state index in [1.165, 1.54) is 45.1 Å². The summed E-state index contributed by atoms with van der Waals surface area (Å²) < 4.78 is 0. The zero-order valence-electron chi connectivity index (χ0n) is 8.81. The maximum atomic E-state index is 2.26. The van der Waals surface area contributed by atoms with Gasteiger partial charge < -0.3 is 4.90 Å². The second-order valence-corrected chi connectivity index (χ2v) is 3.57. The number of unbranched alkanes of at least 4 members (excludes halogenated alkanes) is 5. The lowest BCUT2D eigenvalue weighted by Crippen LogP contribution is -2.12. The molecule has 0 heterocycles. The van der Waals surface area contributed by atoms with Crippen molar-refractivity contribution in [3.05, 3.63) is 0 Å². The van der Waals surface area contributed by atoms with E-state index >= 15 is 0 Å². The average Bonchev–Trinajstić information content (AvgIpc) is 1.96. The fraction of sp³-hybridized carbons (Fsp3) is 1.00. The molecular formula is C10H24IN. The first-order valence-electron chi connectivity index (χ1n) is 4.92. The van der Waals surface area contributed by atoms with Crippen molar-refractivity contribution in [2.75, 3.05) is 20.6 Å². The second-order valence-electron chi connectivity index (χ2n) is 3.57. The molecule has 0 aliphatic carbocycles. The topological polar surface area (TPSA) is 3.24 Å². The van der Waals surface area contributed by atoms with E-state index in [1.807, 2.05) is 0 Å². The van der Waals surface area contributed by atoms with Crippen molar-refractivity contribution < 1.29 is 0 Å². The third-order valence-electron chi connectivity index (χ3n) is 1.96. The minimum absolute atomic E-state index is 0. The van der Waals surface area contributed by atoms with Crippen LogP contribution in [0, 0.1) is 0 Å². The molecule has 0 radical (unpaired) electrons. The second kappa shape index (κ2) is 11.7. The summed E-state index contributed by atoms with van der Waals surface area (Å²) in [5.41, 5.74) is 0. The summed E-state index contributed by atoms with van der Waals surface area (Å²) in [6.45, 7) is 3.52. The van der Waals surface area contributed by atoms with Crippen molar-refractivity contribution >= 4 is 24.0 Å². The Morgan fingerprint density at radius 3 is 1.83 bits per heavy atom. The molecule has 0 aromatic rings. The lowest BCUT2D eigenvalue weighted by atomic mass is 10.1. The van der Waals surface area contributed by atoms with Gasteiger partial charge in [-0.15, -0.1) is 24.0 Å². The molecular weight excluding hydrogens is 261 g/mol. The molecule has 0 rings (SSSR count). The first kappa shape index (κ1) is 15.2. The summed E-state index contributed by atoms with van der Waals surface area (Å²) in [7, 11) is 4.29. The van der Waals surface area contributed by atoms with Gasteiger partial charge in [-0.3, -0.25) is 0 Å². The molecule has 12 heavy (non-hydrogen) atoms. The molecule has 76 valence electrons. The van der Waals surface area contributed by atoms with Gasteiger partial charge in [-0.2, -0.15) is 0 Å². The normalized spacial score (nSPS) is 10.0. The van der Waals surface area contributed by atoms with Gasteiger partial charge in [-0.05, 0) is 27.1 Å². The molecule has 0 bridgehead atoms. The van der Waals surface area contributed by atoms with Gasteiger partial charge >= 0.3 is 0 Å². The van der Waals surface area contributed by atoms with Gasteiger partial charge in [-0.25, -0.2) is 0 Å². The Morgan fingerprint density at radius 2 is 1.33 bits per heavy atom. The highest BCUT2D eigenvalue weighted by Gasteiger charge is 1.90. The fourth-order valence-corrected chi connectivity index (χ4v) is 1.21. The zero-order valence-corrected chi connectivity index (χ0v) is 11.1. The minimum atomic E-state index is 0. The molecule has 0 aliphatic rings. The van der Waals surface area contributed by atoms with E-state index in [0.717, 1.165) is 0 Å². The molecule has 0 amide bonds. The Labute approximate surface area is 94.9 Å². The highest BCUT2D eigenvalue weighted by atomic mass is 127. The molecule has 0 unspecified atom stereocenters. The van der Waals surface area contributed by atoms with Gasteiger partial charge in [0.15, 0.2) is 0 Å². The summed E-state index contributed by atoms with van der Waals surface area (Å²) in [6.07, 6.45) is 8.43. The fourth-order valence-electron chi connectivity index (χ4n) is 1.21. The molecule has 0 saturated carbocycles. The van der Waals surface area contributed by atoms with Crippen molar-refractivity contribution in [2.45, 2.75) is 45.4 Å². The van der Waals surface area contributed by atoms with E-state index in [9.17, 15) is 0 Å². The van der Waals surface area contributed by atoms with Crippen molar-refractivity contribution in [3.8, 4) is 0 Å². The predicted molar refractivity (Wildman–Crippen MR) is 67.3 cm³/mol. The SMILES string of the molecule is CCCCCCCCN(C)C.I. The molecule has 0 aromatic heterocycles. The number of hydrogen-bond donors (Lipinski definition) is 0. The maximum absolute atomic E-state index is 2.26. The molecule has 0 saturated heterocycles. The molecule has 0 fully saturated rings. The van der Waals surface area contributed by atoms with Gasteiger partial charge in [0.05, 0.1) is 0 Å². The number of nitrogens with zero attached hydrogens (tertiary/aromatic N) is 1. The van der Waals surface area contributed by atoms with E-state index in [2.05, 4.69) is 25.9 Å². The molecule has 0 atom stereocenters. The predicted octanol–water partition coefficient (Wildman–Crippen LogP) is 3.53. The Balaban J connectivity index is 0. The van der Waals surface area contributed by atoms with Crippen LogP contribution in [0.3, 0.4) is 0 Å². The van der Waals surface area contributed by atoms with Crippen LogP contribution in [0.15, 0.2) is 0 Å². The number of rotatable bonds is 7. The van der Waals surface area contributed by atoms with Gasteiger partial charge in [0.1, 0.15) is 0 Å². The standard InChI is InChI=1S/C10H23N.HI/c1-4-5-6-7-8-9-10-11(2)3;/h4-10H2,1-3H3;1H. The van der Waals surface area contributed by atoms with Crippen LogP contribution < -0.4 is 0 Å². The van der Waals surface area contributed by atoms with Crippen LogP contribution in [-0.4, -0.2) is 25.5 Å². The summed E-state index contributed by atoms with van der Waals surface area (Å²) in [5.74, 6) is 0. The maximum Gasteiger partial charge on any atom is -0.00248 e. The highest BCUT2D eigenvalue weighted by Crippen LogP contribution is 2.04. The third kappa shape index (κ3) is 13.3. The van der Waals surface area contributed by atoms with Crippen LogP contribution in [0.2, 0.25) is 0 Å². The molecule has 0 aliphatic heterocycles. The van der Waals surface area contributed by atoms with Crippen molar-refractivity contribution in [1.82, 2.24) is 4.90 Å². The third-order valence-corrected chi connectivity index (χ3v) is 1.96. The van der Waals surface area contributed by atoms with Crippen LogP contribution in [0.4, 0.5) is 0 Å². The number of hydrogen-bond acceptors (Lipinski definition) is 1. The van der Waals surface area contributed by atoms with Crippen LogP contribution in [0.1, 0.15) is 45.4 Å². The molecule has 0 aromatic carbocycles. The lowest BCUT2D eigenvalue weighted by Gasteiger charge is -2.08. The first-order chi connectivity index (χ1) is 5.27. The smallest absolute Gasteiger partial charge is 0.00248 e. The van der Waals surface area contributed by atoms with E-state index in [4.69, 9.17) is 0 Å². The van der Waals surface area contributed by atoms with Gasteiger partial charge in [0.2, 0.25) is 0 Å². The average molecular weight is 285 g/mol. The van der Waals surface area contributed by atoms with Crippen LogP contribution in [0.25, 0.3) is 0 Å². The number of halogens is 1. The Kier molecular flexibility index (Phi) is 14.8. The summed E-state index contributed by atoms with van der Waals surface area (Å²) in [5, 5.41) is 0. The van der Waals surface area contributed by atoms with Crippen molar-refractivity contribution in [2.24, 2.45) is 0 Å². The Morgan fingerprint density at radius 1 is 0.833 bits per heavy atom. The summed E-state index contributed by atoms with van der Waals surface area (Å²) >= 11 is 0. The van der Waals surface area contributed by atoms with Crippen LogP contribution in [-0.2, 0) is 0 Å². The quantitative estimate of drug-likeness (QED) is 0.511. The lowest BCUT2D eigenvalue weighted by molar-refractivity contribution is 0.389. The van der Waals surface area contributed by atoms with E-state index in [0.29, 0.717) is 0 Å². The monoisotopic (exact) mass is 285 g/mol. The van der Waals surface area contributed by atoms with Crippen molar-refractivity contribution in [1.29, 1.82) is 0 Å². The van der Waals surface area contributed by atoms with Gasteiger partial charge in [0.25, 0.3) is 0 Å². The summed E-state index contributed by atoms with van der Waals surface area (Å²) in [6, 6.07) is 0. The van der Waals surface area contributed by atoms with Gasteiger partial charge in [-0.1, -0.05) is 39.0 Å². The van der Waals surface area contributed by atoms with E-state index < -0.39 is 0 Å². The highest BCUT2D eigenvalue weighted by molar-refractivity contribution is 14.0. The molecule has 2 heteroatoms. The summed E-state index contributed by atoms with van der Waals surface area (Å²) in [4.78, 5) is 2.26. The Bertz CT molecular complexity index is 74.2. The van der Waals surface area contributed by atoms with E-state index in [1.54, 1.807) is 0 Å². The van der Waals surface area contributed by atoms with Crippen LogP contribution >= 0.6 is 24.0 Å². The molecule has 1 nitrogen and oxygen atoms in total. The zero-order chi connectivity index (χ0) is 8.53. The largest absolute Gasteiger partial charge is 0.309 e.